The third-order valence-corrected chi connectivity index (χ3v) is 1.79. The topological polar surface area (TPSA) is 101 Å². The van der Waals surface area contributed by atoms with Gasteiger partial charge in [0.15, 0.2) is 0 Å². The van der Waals surface area contributed by atoms with Crippen molar-refractivity contribution in [1.82, 2.24) is 10.6 Å². The van der Waals surface area contributed by atoms with Gasteiger partial charge in [-0.3, -0.25) is 14.4 Å². The molecule has 0 saturated carbocycles. The summed E-state index contributed by atoms with van der Waals surface area (Å²) in [6.07, 6.45) is 0. The summed E-state index contributed by atoms with van der Waals surface area (Å²) in [5.41, 5.74) is 5.10. The molecule has 0 spiro atoms. The first-order chi connectivity index (χ1) is 8.84. The monoisotopic (exact) mass is 275 g/mol. The van der Waals surface area contributed by atoms with E-state index in [1.54, 1.807) is 13.8 Å². The quantitative estimate of drug-likeness (QED) is 0.691. The lowest BCUT2D eigenvalue weighted by atomic mass is 10.0. The molecule has 0 heterocycles. The van der Waals surface area contributed by atoms with Crippen LogP contribution in [-0.2, 0) is 14.4 Å². The molecule has 1 atom stereocenters. The fourth-order valence-corrected chi connectivity index (χ4v) is 0.996. The highest BCUT2D eigenvalue weighted by molar-refractivity contribution is 5.89. The Bertz CT molecular complexity index is 266. The number of rotatable bonds is 5. The van der Waals surface area contributed by atoms with Gasteiger partial charge in [0, 0.05) is 6.92 Å². The lowest BCUT2D eigenvalue weighted by Gasteiger charge is -2.18. The number of nitrogens with one attached hydrogen (secondary N) is 2. The summed E-state index contributed by atoms with van der Waals surface area (Å²) < 4.78 is 0. The highest BCUT2D eigenvalue weighted by Gasteiger charge is 2.21. The third-order valence-electron chi connectivity index (χ3n) is 1.79. The van der Waals surface area contributed by atoms with Gasteiger partial charge in [-0.15, -0.1) is 0 Å². The number of carbonyl (C=O) groups is 3. The smallest absolute Gasteiger partial charge is 0.240 e. The van der Waals surface area contributed by atoms with Crippen LogP contribution < -0.4 is 16.4 Å². The van der Waals surface area contributed by atoms with Gasteiger partial charge in [0.05, 0.1) is 6.54 Å². The largest absolute Gasteiger partial charge is 0.368 e. The maximum absolute atomic E-state index is 11.2. The fourth-order valence-electron chi connectivity index (χ4n) is 0.996. The van der Waals surface area contributed by atoms with Gasteiger partial charge in [0.1, 0.15) is 6.04 Å². The average molecular weight is 275 g/mol. The van der Waals surface area contributed by atoms with Crippen LogP contribution in [0.1, 0.15) is 48.5 Å². The van der Waals surface area contributed by atoms with Crippen LogP contribution in [0.25, 0.3) is 0 Å². The Labute approximate surface area is 116 Å². The van der Waals surface area contributed by atoms with Crippen LogP contribution in [0.2, 0.25) is 0 Å². The number of carbonyl (C=O) groups excluding carboxylic acids is 3. The summed E-state index contributed by atoms with van der Waals surface area (Å²) in [5, 5.41) is 4.77. The van der Waals surface area contributed by atoms with E-state index in [1.807, 2.05) is 27.7 Å². The summed E-state index contributed by atoms with van der Waals surface area (Å²) in [6, 6.07) is -0.703. The van der Waals surface area contributed by atoms with E-state index in [4.69, 9.17) is 5.73 Å². The molecule has 0 aliphatic rings. The van der Waals surface area contributed by atoms with Gasteiger partial charge in [-0.25, -0.2) is 0 Å². The minimum atomic E-state index is -0.703. The van der Waals surface area contributed by atoms with Crippen molar-refractivity contribution in [3.8, 4) is 0 Å². The number of amides is 3. The zero-order chi connectivity index (χ0) is 16.0. The number of nitrogens with two attached hydrogens (primary N) is 1. The molecular weight excluding hydrogens is 246 g/mol. The Balaban J connectivity index is -0.000000579. The SMILES string of the molecule is CC.CC.CC(=O)NCC(=O)NC(C(N)=O)C(C)C. The van der Waals surface area contributed by atoms with Gasteiger partial charge >= 0.3 is 0 Å². The molecule has 1 unspecified atom stereocenters. The molecule has 6 nitrogen and oxygen atoms in total. The molecule has 0 radical (unpaired) electrons. The van der Waals surface area contributed by atoms with Crippen LogP contribution in [0.3, 0.4) is 0 Å². The van der Waals surface area contributed by atoms with Crippen LogP contribution in [0.15, 0.2) is 0 Å². The van der Waals surface area contributed by atoms with E-state index in [1.165, 1.54) is 6.92 Å². The molecule has 0 aromatic heterocycles. The van der Waals surface area contributed by atoms with Crippen molar-refractivity contribution in [2.75, 3.05) is 6.54 Å². The van der Waals surface area contributed by atoms with E-state index < -0.39 is 17.9 Å². The zero-order valence-electron chi connectivity index (χ0n) is 13.2. The zero-order valence-corrected chi connectivity index (χ0v) is 13.2. The molecule has 6 heteroatoms. The first-order valence-electron chi connectivity index (χ1n) is 6.67. The summed E-state index contributed by atoms with van der Waals surface area (Å²) in [7, 11) is 0. The number of primary amides is 1. The van der Waals surface area contributed by atoms with E-state index in [0.29, 0.717) is 0 Å². The Morgan fingerprint density at radius 3 is 1.74 bits per heavy atom. The lowest BCUT2D eigenvalue weighted by Crippen LogP contribution is -2.50. The molecule has 0 saturated heterocycles. The highest BCUT2D eigenvalue weighted by Crippen LogP contribution is 1.99. The van der Waals surface area contributed by atoms with Gasteiger partial charge in [-0.1, -0.05) is 41.5 Å². The average Bonchev–Trinajstić information content (AvgIpc) is 2.37. The normalized spacial score (nSPS) is 10.1. The van der Waals surface area contributed by atoms with Crippen LogP contribution in [0, 0.1) is 5.92 Å². The van der Waals surface area contributed by atoms with Crippen molar-refractivity contribution >= 4 is 17.7 Å². The van der Waals surface area contributed by atoms with Crippen molar-refractivity contribution in [1.29, 1.82) is 0 Å². The molecule has 0 fully saturated rings. The van der Waals surface area contributed by atoms with Crippen molar-refractivity contribution in [2.24, 2.45) is 11.7 Å². The van der Waals surface area contributed by atoms with Gasteiger partial charge < -0.3 is 16.4 Å². The summed E-state index contributed by atoms with van der Waals surface area (Å²) in [5.74, 6) is -1.39. The highest BCUT2D eigenvalue weighted by atomic mass is 16.2. The summed E-state index contributed by atoms with van der Waals surface area (Å²) >= 11 is 0. The maximum atomic E-state index is 11.2. The Morgan fingerprint density at radius 2 is 1.47 bits per heavy atom. The van der Waals surface area contributed by atoms with Crippen LogP contribution in [0.4, 0.5) is 0 Å². The molecule has 0 aromatic carbocycles. The Kier molecular flexibility index (Phi) is 17.2. The van der Waals surface area contributed by atoms with E-state index in [2.05, 4.69) is 10.6 Å². The molecule has 3 amide bonds. The first-order valence-corrected chi connectivity index (χ1v) is 6.67. The van der Waals surface area contributed by atoms with Crippen LogP contribution in [0.5, 0.6) is 0 Å². The Morgan fingerprint density at radius 1 is 1.05 bits per heavy atom. The van der Waals surface area contributed by atoms with E-state index in [0.717, 1.165) is 0 Å². The van der Waals surface area contributed by atoms with Gasteiger partial charge in [0.25, 0.3) is 0 Å². The van der Waals surface area contributed by atoms with Gasteiger partial charge in [-0.2, -0.15) is 0 Å². The lowest BCUT2D eigenvalue weighted by molar-refractivity contribution is -0.129. The molecule has 0 bridgehead atoms. The maximum Gasteiger partial charge on any atom is 0.240 e. The predicted octanol–water partition coefficient (Wildman–Crippen LogP) is 0.801. The second-order valence-electron chi connectivity index (χ2n) is 3.60. The van der Waals surface area contributed by atoms with Crippen LogP contribution in [-0.4, -0.2) is 30.3 Å². The molecule has 0 aliphatic carbocycles. The molecular formula is C13H29N3O3. The number of hydrogen-bond donors (Lipinski definition) is 3. The second kappa shape index (κ2) is 14.5. The standard InChI is InChI=1S/C9H17N3O3.2C2H6/c1-5(2)8(9(10)15)12-7(14)4-11-6(3)13;2*1-2/h5,8H,4H2,1-3H3,(H2,10,15)(H,11,13)(H,12,14);2*1-2H3. The molecule has 0 rings (SSSR count). The molecule has 0 aliphatic heterocycles. The predicted molar refractivity (Wildman–Crippen MR) is 77.3 cm³/mol. The van der Waals surface area contributed by atoms with E-state index in [9.17, 15) is 14.4 Å². The second-order valence-corrected chi connectivity index (χ2v) is 3.60. The van der Waals surface area contributed by atoms with Crippen molar-refractivity contribution in [3.63, 3.8) is 0 Å². The first kappa shape index (κ1) is 22.6. The van der Waals surface area contributed by atoms with Gasteiger partial charge in [-0.05, 0) is 5.92 Å². The molecule has 19 heavy (non-hydrogen) atoms. The van der Waals surface area contributed by atoms with Crippen molar-refractivity contribution in [3.05, 3.63) is 0 Å². The molecule has 114 valence electrons. The minimum absolute atomic E-state index is 0.0798. The summed E-state index contributed by atoms with van der Waals surface area (Å²) in [6.45, 7) is 12.7. The fraction of sp³-hybridized carbons (Fsp3) is 0.769. The van der Waals surface area contributed by atoms with Crippen LogP contribution >= 0.6 is 0 Å². The van der Waals surface area contributed by atoms with E-state index >= 15 is 0 Å². The van der Waals surface area contributed by atoms with Gasteiger partial charge in [0.2, 0.25) is 17.7 Å². The Hall–Kier alpha value is -1.59. The van der Waals surface area contributed by atoms with E-state index in [-0.39, 0.29) is 18.4 Å². The summed E-state index contributed by atoms with van der Waals surface area (Å²) in [4.78, 5) is 32.7. The third kappa shape index (κ3) is 14.3. The van der Waals surface area contributed by atoms with Crippen molar-refractivity contribution < 1.29 is 14.4 Å². The molecule has 0 aromatic rings. The van der Waals surface area contributed by atoms with Crippen molar-refractivity contribution in [2.45, 2.75) is 54.5 Å². The number of hydrogen-bond acceptors (Lipinski definition) is 3. The molecule has 4 N–H and O–H groups in total. The minimum Gasteiger partial charge on any atom is -0.368 e.